The fourth-order valence-electron chi connectivity index (χ4n) is 4.12. The number of hydrogen-bond donors (Lipinski definition) is 0. The molecular formula is C26H19F4NO2. The van der Waals surface area contributed by atoms with Crippen LogP contribution in [0.2, 0.25) is 0 Å². The lowest BCUT2D eigenvalue weighted by molar-refractivity contribution is 0.0723. The highest BCUT2D eigenvalue weighted by Gasteiger charge is 2.30. The molecule has 3 aromatic rings. The van der Waals surface area contributed by atoms with Crippen molar-refractivity contribution in [2.75, 3.05) is 0 Å². The quantitative estimate of drug-likeness (QED) is 0.142. The first kappa shape index (κ1) is 22.5. The molecule has 0 unspecified atom stereocenters. The lowest BCUT2D eigenvalue weighted by Crippen LogP contribution is -2.15. The zero-order valence-corrected chi connectivity index (χ0v) is 17.8. The number of rotatable bonds is 6. The van der Waals surface area contributed by atoms with Crippen molar-refractivity contribution in [2.45, 2.75) is 39.0 Å². The van der Waals surface area contributed by atoms with Crippen LogP contribution in [0.25, 0.3) is 11.1 Å². The number of carbonyl (C=O) groups excluding carboxylic acids is 1. The lowest BCUT2D eigenvalue weighted by atomic mass is 9.99. The van der Waals surface area contributed by atoms with Crippen LogP contribution in [0.15, 0.2) is 36.4 Å². The molecule has 1 aliphatic carbocycles. The maximum Gasteiger partial charge on any atom is 0.349 e. The topological polar surface area (TPSA) is 50.1 Å². The molecule has 168 valence electrons. The molecule has 0 saturated carbocycles. The van der Waals surface area contributed by atoms with Gasteiger partial charge in [0.05, 0.1) is 0 Å². The number of fused-ring (bicyclic) bond motifs is 3. The lowest BCUT2D eigenvalue weighted by Gasteiger charge is -2.10. The molecule has 0 N–H and O–H groups in total. The zero-order valence-electron chi connectivity index (χ0n) is 17.8. The maximum absolute atomic E-state index is 15.2. The van der Waals surface area contributed by atoms with Crippen LogP contribution in [0.5, 0.6) is 5.75 Å². The Morgan fingerprint density at radius 1 is 1.00 bits per heavy atom. The van der Waals surface area contributed by atoms with E-state index in [4.69, 9.17) is 10.00 Å². The molecule has 0 fully saturated rings. The van der Waals surface area contributed by atoms with E-state index in [0.29, 0.717) is 23.3 Å². The molecular weight excluding hydrogens is 434 g/mol. The standard InChI is InChI=1S/C26H19F4NO2/c1-2-3-4-5-14-6-7-17-15(8-14)9-19-18(17)12-23(29)24(25(19)30)26(32)33-16-10-21(27)20(13-31)22(28)11-16/h6-8,10-12H,2-5,9H2,1H3. The first-order valence-electron chi connectivity index (χ1n) is 10.6. The van der Waals surface area contributed by atoms with Gasteiger partial charge in [0.2, 0.25) is 0 Å². The fourth-order valence-corrected chi connectivity index (χ4v) is 4.12. The minimum absolute atomic E-state index is 0.168. The predicted octanol–water partition coefficient (Wildman–Crippen LogP) is 6.64. The van der Waals surface area contributed by atoms with Crippen molar-refractivity contribution in [2.24, 2.45) is 0 Å². The van der Waals surface area contributed by atoms with Crippen molar-refractivity contribution in [3.8, 4) is 22.9 Å². The number of aryl methyl sites for hydroxylation is 1. The van der Waals surface area contributed by atoms with E-state index in [1.165, 1.54) is 6.07 Å². The number of nitrogens with zero attached hydrogens (tertiary/aromatic N) is 1. The maximum atomic E-state index is 15.2. The van der Waals surface area contributed by atoms with Gasteiger partial charge in [-0.2, -0.15) is 5.26 Å². The largest absolute Gasteiger partial charge is 0.423 e. The summed E-state index contributed by atoms with van der Waals surface area (Å²) in [6.45, 7) is 2.12. The third-order valence-corrected chi connectivity index (χ3v) is 5.76. The summed E-state index contributed by atoms with van der Waals surface area (Å²) in [7, 11) is 0. The van der Waals surface area contributed by atoms with Crippen molar-refractivity contribution < 1.29 is 27.1 Å². The third-order valence-electron chi connectivity index (χ3n) is 5.76. The number of unbranched alkanes of at least 4 members (excludes halogenated alkanes) is 2. The van der Waals surface area contributed by atoms with Crippen LogP contribution in [0.1, 0.15) is 58.8 Å². The third kappa shape index (κ3) is 4.21. The van der Waals surface area contributed by atoms with Gasteiger partial charge in [0, 0.05) is 24.1 Å². The summed E-state index contributed by atoms with van der Waals surface area (Å²) in [4.78, 5) is 12.5. The molecule has 0 saturated heterocycles. The molecule has 0 amide bonds. The summed E-state index contributed by atoms with van der Waals surface area (Å²) in [5.41, 5.74) is 1.41. The molecule has 0 heterocycles. The summed E-state index contributed by atoms with van der Waals surface area (Å²) in [6, 6.07) is 9.39. The van der Waals surface area contributed by atoms with Gasteiger partial charge >= 0.3 is 5.97 Å². The summed E-state index contributed by atoms with van der Waals surface area (Å²) < 4.78 is 62.4. The molecule has 0 aliphatic heterocycles. The van der Waals surface area contributed by atoms with Crippen LogP contribution in [0.3, 0.4) is 0 Å². The van der Waals surface area contributed by atoms with Crippen LogP contribution in [0.4, 0.5) is 17.6 Å². The Kier molecular flexibility index (Phi) is 6.19. The Hall–Kier alpha value is -3.66. The zero-order chi connectivity index (χ0) is 23.7. The summed E-state index contributed by atoms with van der Waals surface area (Å²) in [6.07, 6.45) is 4.33. The van der Waals surface area contributed by atoms with Gasteiger partial charge in [-0.15, -0.1) is 0 Å². The molecule has 0 radical (unpaired) electrons. The van der Waals surface area contributed by atoms with Gasteiger partial charge in [-0.3, -0.25) is 0 Å². The van der Waals surface area contributed by atoms with Crippen LogP contribution < -0.4 is 4.74 Å². The molecule has 0 bridgehead atoms. The van der Waals surface area contributed by atoms with Crippen LogP contribution >= 0.6 is 0 Å². The SMILES string of the molecule is CCCCCc1ccc2c(c1)Cc1c-2cc(F)c(C(=O)Oc2cc(F)c(C#N)c(F)c2)c1F. The number of esters is 1. The van der Waals surface area contributed by atoms with E-state index in [1.807, 2.05) is 18.2 Å². The normalized spacial score (nSPS) is 11.6. The van der Waals surface area contributed by atoms with Gasteiger partial charge in [0.1, 0.15) is 46.2 Å². The molecule has 3 nitrogen and oxygen atoms in total. The number of ether oxygens (including phenoxy) is 1. The van der Waals surface area contributed by atoms with Crippen molar-refractivity contribution in [3.63, 3.8) is 0 Å². The van der Waals surface area contributed by atoms with Crippen LogP contribution in [-0.2, 0) is 12.8 Å². The summed E-state index contributed by atoms with van der Waals surface area (Å²) in [5.74, 6) is -6.72. The number of hydrogen-bond acceptors (Lipinski definition) is 3. The van der Waals surface area contributed by atoms with Gasteiger partial charge < -0.3 is 4.74 Å². The van der Waals surface area contributed by atoms with Gasteiger partial charge in [-0.1, -0.05) is 38.0 Å². The molecule has 0 aromatic heterocycles. The van der Waals surface area contributed by atoms with Crippen molar-refractivity contribution in [3.05, 3.63) is 87.5 Å². The van der Waals surface area contributed by atoms with E-state index in [9.17, 15) is 18.0 Å². The van der Waals surface area contributed by atoms with Gasteiger partial charge in [-0.05, 0) is 41.2 Å². The van der Waals surface area contributed by atoms with E-state index in [1.54, 1.807) is 0 Å². The monoisotopic (exact) mass is 453 g/mol. The molecule has 0 spiro atoms. The Balaban J connectivity index is 1.63. The minimum atomic E-state index is -1.42. The van der Waals surface area contributed by atoms with Gasteiger partial charge in [0.15, 0.2) is 0 Å². The highest BCUT2D eigenvalue weighted by atomic mass is 19.1. The van der Waals surface area contributed by atoms with E-state index in [2.05, 4.69) is 6.92 Å². The Bertz CT molecular complexity index is 1290. The fraction of sp³-hybridized carbons (Fsp3) is 0.231. The first-order valence-corrected chi connectivity index (χ1v) is 10.6. The van der Waals surface area contributed by atoms with Crippen molar-refractivity contribution in [1.82, 2.24) is 0 Å². The highest BCUT2D eigenvalue weighted by molar-refractivity contribution is 5.94. The van der Waals surface area contributed by atoms with Crippen molar-refractivity contribution >= 4 is 5.97 Å². The minimum Gasteiger partial charge on any atom is -0.423 e. The number of benzene rings is 3. The van der Waals surface area contributed by atoms with E-state index in [0.717, 1.165) is 42.9 Å². The summed E-state index contributed by atoms with van der Waals surface area (Å²) >= 11 is 0. The smallest absolute Gasteiger partial charge is 0.349 e. The molecule has 7 heteroatoms. The van der Waals surface area contributed by atoms with Crippen LogP contribution in [0, 0.1) is 34.6 Å². The Labute approximate surface area is 188 Å². The average Bonchev–Trinajstić information content (AvgIpc) is 3.12. The second-order valence-corrected chi connectivity index (χ2v) is 7.96. The number of carbonyl (C=O) groups is 1. The molecule has 0 atom stereocenters. The van der Waals surface area contributed by atoms with Crippen LogP contribution in [-0.4, -0.2) is 5.97 Å². The number of nitriles is 1. The second kappa shape index (κ2) is 9.07. The average molecular weight is 453 g/mol. The van der Waals surface area contributed by atoms with E-state index in [-0.39, 0.29) is 12.0 Å². The Morgan fingerprint density at radius 2 is 1.73 bits per heavy atom. The summed E-state index contributed by atoms with van der Waals surface area (Å²) in [5, 5.41) is 8.72. The van der Waals surface area contributed by atoms with Gasteiger partial charge in [-0.25, -0.2) is 22.4 Å². The highest BCUT2D eigenvalue weighted by Crippen LogP contribution is 2.40. The molecule has 33 heavy (non-hydrogen) atoms. The first-order chi connectivity index (χ1) is 15.8. The predicted molar refractivity (Wildman–Crippen MR) is 114 cm³/mol. The number of halogens is 4. The Morgan fingerprint density at radius 3 is 2.39 bits per heavy atom. The molecule has 1 aliphatic rings. The second-order valence-electron chi connectivity index (χ2n) is 7.96. The van der Waals surface area contributed by atoms with E-state index < -0.39 is 46.1 Å². The van der Waals surface area contributed by atoms with Crippen molar-refractivity contribution in [1.29, 1.82) is 5.26 Å². The molecule has 3 aromatic carbocycles. The van der Waals surface area contributed by atoms with Gasteiger partial charge in [0.25, 0.3) is 0 Å². The molecule has 4 rings (SSSR count). The van der Waals surface area contributed by atoms with E-state index >= 15 is 4.39 Å².